The molecule has 2 aromatic heterocycles. The molecule has 1 aliphatic rings. The van der Waals surface area contributed by atoms with Crippen LogP contribution in [0.5, 0.6) is 0 Å². The number of sulfonamides is 1. The van der Waals surface area contributed by atoms with Gasteiger partial charge in [0.05, 0.1) is 17.7 Å². The summed E-state index contributed by atoms with van der Waals surface area (Å²) in [5, 5.41) is 8.88. The normalized spacial score (nSPS) is 15.2. The average molecular weight is 611 g/mol. The zero-order valence-electron chi connectivity index (χ0n) is 23.2. The summed E-state index contributed by atoms with van der Waals surface area (Å²) in [4.78, 5) is 21.6. The van der Waals surface area contributed by atoms with E-state index in [0.717, 1.165) is 12.1 Å². The number of halogens is 3. The Bertz CT molecular complexity index is 1740. The third kappa shape index (κ3) is 6.80. The molecule has 2 aromatic carbocycles. The van der Waals surface area contributed by atoms with Gasteiger partial charge in [-0.2, -0.15) is 21.6 Å². The van der Waals surface area contributed by atoms with Crippen molar-refractivity contribution in [3.05, 3.63) is 90.5 Å². The second-order valence-electron chi connectivity index (χ2n) is 10.8. The monoisotopic (exact) mass is 610 g/mol. The van der Waals surface area contributed by atoms with Gasteiger partial charge in [-0.1, -0.05) is 67.6 Å². The van der Waals surface area contributed by atoms with Crippen LogP contribution in [0.15, 0.2) is 90.0 Å². The fourth-order valence-corrected chi connectivity index (χ4v) is 6.21. The number of alkyl halides is 3. The fourth-order valence-electron chi connectivity index (χ4n) is 5.25. The van der Waals surface area contributed by atoms with E-state index in [2.05, 4.69) is 14.7 Å². The maximum absolute atomic E-state index is 14.1. The maximum atomic E-state index is 14.1. The third-order valence-corrected chi connectivity index (χ3v) is 8.82. The number of carboxylic acid groups (broad SMARTS) is 1. The lowest BCUT2D eigenvalue weighted by Crippen LogP contribution is -2.40. The second kappa shape index (κ2) is 11.7. The molecule has 5 rings (SSSR count). The van der Waals surface area contributed by atoms with Crippen LogP contribution in [0.4, 0.5) is 24.8 Å². The zero-order chi connectivity index (χ0) is 30.8. The molecule has 2 N–H and O–H groups in total. The Morgan fingerprint density at radius 2 is 1.56 bits per heavy atom. The summed E-state index contributed by atoms with van der Waals surface area (Å²) < 4.78 is 71.3. The number of carbonyl (C=O) groups is 1. The Kier molecular flexibility index (Phi) is 8.15. The summed E-state index contributed by atoms with van der Waals surface area (Å²) in [7, 11) is -4.33. The molecule has 224 valence electrons. The number of rotatable bonds is 8. The lowest BCUT2D eigenvalue weighted by Gasteiger charge is -2.39. The Hall–Kier alpha value is -4.45. The average Bonchev–Trinajstić information content (AvgIpc) is 2.97. The number of piperidine rings is 1. The molecule has 1 saturated heterocycles. The minimum atomic E-state index is -4.74. The van der Waals surface area contributed by atoms with Crippen LogP contribution in [-0.2, 0) is 21.0 Å². The van der Waals surface area contributed by atoms with Crippen LogP contribution in [0.1, 0.15) is 31.7 Å². The van der Waals surface area contributed by atoms with E-state index in [4.69, 9.17) is 0 Å². The maximum Gasteiger partial charge on any atom is 0.418 e. The predicted molar refractivity (Wildman–Crippen MR) is 157 cm³/mol. The molecule has 8 nitrogen and oxygen atoms in total. The molecule has 0 aliphatic carbocycles. The van der Waals surface area contributed by atoms with Crippen LogP contribution in [0.2, 0.25) is 0 Å². The minimum Gasteiger partial charge on any atom is -0.481 e. The topological polar surface area (TPSA) is 112 Å². The van der Waals surface area contributed by atoms with Crippen molar-refractivity contribution in [1.82, 2.24) is 9.97 Å². The van der Waals surface area contributed by atoms with E-state index in [-0.39, 0.29) is 28.2 Å². The van der Waals surface area contributed by atoms with Crippen molar-refractivity contribution in [1.29, 1.82) is 0 Å². The molecule has 43 heavy (non-hydrogen) atoms. The highest BCUT2D eigenvalue weighted by Crippen LogP contribution is 2.41. The first-order valence-corrected chi connectivity index (χ1v) is 15.0. The lowest BCUT2D eigenvalue weighted by molar-refractivity contribution is -0.140. The first-order chi connectivity index (χ1) is 20.3. The standard InChI is InChI=1S/C31H29F3N4O4S/c1-30(20-28(39)40)16-18-38(19-17-30)26-12-7-13-27(36-26)43(41,42)37-25-15-14-24(31(32,33)34)29(35-25)23-11-6-5-10-22(23)21-8-3-2-4-9-21/h2-15H,16-20H2,1H3,(H,35,37)(H,39,40). The van der Waals surface area contributed by atoms with Gasteiger partial charge in [-0.3, -0.25) is 9.52 Å². The van der Waals surface area contributed by atoms with Gasteiger partial charge in [-0.15, -0.1) is 0 Å². The molecular weight excluding hydrogens is 581 g/mol. The van der Waals surface area contributed by atoms with Gasteiger partial charge in [0.2, 0.25) is 0 Å². The van der Waals surface area contributed by atoms with Crippen LogP contribution in [0, 0.1) is 5.41 Å². The Balaban J connectivity index is 1.45. The van der Waals surface area contributed by atoms with Crippen LogP contribution in [0.3, 0.4) is 0 Å². The largest absolute Gasteiger partial charge is 0.481 e. The van der Waals surface area contributed by atoms with Gasteiger partial charge in [-0.25, -0.2) is 9.97 Å². The van der Waals surface area contributed by atoms with Gasteiger partial charge in [0.25, 0.3) is 10.0 Å². The molecule has 1 fully saturated rings. The predicted octanol–water partition coefficient (Wildman–Crippen LogP) is 6.71. The summed E-state index contributed by atoms with van der Waals surface area (Å²) in [6.07, 6.45) is -3.50. The molecule has 0 spiro atoms. The quantitative estimate of drug-likeness (QED) is 0.228. The highest BCUT2D eigenvalue weighted by molar-refractivity contribution is 7.92. The number of nitrogens with one attached hydrogen (secondary N) is 1. The molecule has 1 aliphatic heterocycles. The molecular formula is C31H29F3N4O4S. The van der Waals surface area contributed by atoms with Crippen molar-refractivity contribution >= 4 is 27.6 Å². The Morgan fingerprint density at radius 3 is 2.21 bits per heavy atom. The van der Waals surface area contributed by atoms with Crippen molar-refractivity contribution in [3.8, 4) is 22.4 Å². The lowest BCUT2D eigenvalue weighted by atomic mass is 9.77. The number of hydrogen-bond acceptors (Lipinski definition) is 6. The number of anilines is 2. The summed E-state index contributed by atoms with van der Waals surface area (Å²) in [5.41, 5.74) is -0.385. The van der Waals surface area contributed by atoms with Crippen LogP contribution < -0.4 is 9.62 Å². The Labute approximate surface area is 247 Å². The van der Waals surface area contributed by atoms with Crippen molar-refractivity contribution in [3.63, 3.8) is 0 Å². The van der Waals surface area contributed by atoms with Crippen molar-refractivity contribution in [2.45, 2.75) is 37.4 Å². The molecule has 0 amide bonds. The fraction of sp³-hybridized carbons (Fsp3) is 0.258. The van der Waals surface area contributed by atoms with E-state index in [1.54, 1.807) is 54.6 Å². The van der Waals surface area contributed by atoms with E-state index >= 15 is 0 Å². The summed E-state index contributed by atoms with van der Waals surface area (Å²) >= 11 is 0. The van der Waals surface area contributed by atoms with Crippen molar-refractivity contribution < 1.29 is 31.5 Å². The van der Waals surface area contributed by atoms with E-state index in [1.165, 1.54) is 18.2 Å². The van der Waals surface area contributed by atoms with E-state index in [0.29, 0.717) is 42.9 Å². The van der Waals surface area contributed by atoms with Crippen LogP contribution >= 0.6 is 0 Å². The number of pyridine rings is 2. The van der Waals surface area contributed by atoms with Gasteiger partial charge in [0.1, 0.15) is 11.6 Å². The minimum absolute atomic E-state index is 0.0462. The molecule has 4 aromatic rings. The third-order valence-electron chi connectivity index (χ3n) is 7.56. The smallest absolute Gasteiger partial charge is 0.418 e. The number of nitrogens with zero attached hydrogens (tertiary/aromatic N) is 3. The molecule has 0 atom stereocenters. The number of benzene rings is 2. The Morgan fingerprint density at radius 1 is 0.907 bits per heavy atom. The SMILES string of the molecule is CC1(CC(=O)O)CCN(c2cccc(S(=O)(=O)Nc3ccc(C(F)(F)F)c(-c4ccccc4-c4ccccc4)n3)n2)CC1. The van der Waals surface area contributed by atoms with E-state index in [1.807, 2.05) is 11.8 Å². The van der Waals surface area contributed by atoms with Gasteiger partial charge in [0.15, 0.2) is 5.03 Å². The summed E-state index contributed by atoms with van der Waals surface area (Å²) in [5.74, 6) is -0.754. The molecule has 0 radical (unpaired) electrons. The van der Waals surface area contributed by atoms with E-state index < -0.39 is 33.4 Å². The van der Waals surface area contributed by atoms with Crippen LogP contribution in [0.25, 0.3) is 22.4 Å². The number of carboxylic acids is 1. The van der Waals surface area contributed by atoms with Crippen LogP contribution in [-0.4, -0.2) is 42.6 Å². The first-order valence-electron chi connectivity index (χ1n) is 13.5. The van der Waals surface area contributed by atoms with Crippen molar-refractivity contribution in [2.24, 2.45) is 5.41 Å². The van der Waals surface area contributed by atoms with Gasteiger partial charge >= 0.3 is 12.1 Å². The zero-order valence-corrected chi connectivity index (χ0v) is 24.0. The first kappa shape index (κ1) is 30.0. The summed E-state index contributed by atoms with van der Waals surface area (Å²) in [6, 6.07) is 21.7. The number of aromatic nitrogens is 2. The van der Waals surface area contributed by atoms with Crippen molar-refractivity contribution in [2.75, 3.05) is 22.7 Å². The second-order valence-corrected chi connectivity index (χ2v) is 12.4. The molecule has 12 heteroatoms. The molecule has 0 unspecified atom stereocenters. The van der Waals surface area contributed by atoms with E-state index in [9.17, 15) is 31.5 Å². The highest BCUT2D eigenvalue weighted by Gasteiger charge is 2.36. The number of aliphatic carboxylic acids is 1. The number of hydrogen-bond donors (Lipinski definition) is 2. The van der Waals surface area contributed by atoms with Gasteiger partial charge in [-0.05, 0) is 53.6 Å². The molecule has 3 heterocycles. The molecule has 0 bridgehead atoms. The molecule has 0 saturated carbocycles. The summed E-state index contributed by atoms with van der Waals surface area (Å²) in [6.45, 7) is 2.91. The van der Waals surface area contributed by atoms with Gasteiger partial charge in [0, 0.05) is 18.7 Å². The van der Waals surface area contributed by atoms with Gasteiger partial charge < -0.3 is 10.0 Å². The highest BCUT2D eigenvalue weighted by atomic mass is 32.2.